The predicted molar refractivity (Wildman–Crippen MR) is 90.9 cm³/mol. The van der Waals surface area contributed by atoms with Crippen molar-refractivity contribution in [2.45, 2.75) is 0 Å². The second kappa shape index (κ2) is 6.27. The molecule has 0 spiro atoms. The van der Waals surface area contributed by atoms with Crippen LogP contribution in [0.2, 0.25) is 0 Å². The number of hydrogen-bond acceptors (Lipinski definition) is 7. The number of methoxy groups -OCH3 is 3. The molecule has 7 nitrogen and oxygen atoms in total. The number of hydrogen-bond donors (Lipinski definition) is 2. The van der Waals surface area contributed by atoms with Crippen molar-refractivity contribution >= 4 is 11.0 Å². The number of rotatable bonds is 4. The molecule has 25 heavy (non-hydrogen) atoms. The lowest BCUT2D eigenvalue weighted by atomic mass is 10.1. The maximum atomic E-state index is 12.3. The zero-order valence-electron chi connectivity index (χ0n) is 13.8. The maximum Gasteiger partial charge on any atom is 0.203 e. The molecule has 0 bridgehead atoms. The molecule has 0 amide bonds. The summed E-state index contributed by atoms with van der Waals surface area (Å²) < 4.78 is 21.5. The van der Waals surface area contributed by atoms with E-state index in [1.165, 1.54) is 39.5 Å². The van der Waals surface area contributed by atoms with Gasteiger partial charge in [0, 0.05) is 11.6 Å². The van der Waals surface area contributed by atoms with E-state index >= 15 is 0 Å². The van der Waals surface area contributed by atoms with Gasteiger partial charge in [0.1, 0.15) is 5.76 Å². The van der Waals surface area contributed by atoms with E-state index in [1.807, 2.05) is 0 Å². The molecule has 1 aromatic heterocycles. The van der Waals surface area contributed by atoms with Gasteiger partial charge in [-0.1, -0.05) is 0 Å². The number of aromatic hydroxyl groups is 2. The summed E-state index contributed by atoms with van der Waals surface area (Å²) in [6.45, 7) is 0. The Bertz CT molecular complexity index is 979. The minimum atomic E-state index is -0.496. The van der Waals surface area contributed by atoms with Crippen LogP contribution in [0, 0.1) is 0 Å². The number of ether oxygens (including phenoxy) is 3. The van der Waals surface area contributed by atoms with Gasteiger partial charge in [0.15, 0.2) is 28.3 Å². The van der Waals surface area contributed by atoms with E-state index in [9.17, 15) is 15.0 Å². The van der Waals surface area contributed by atoms with Crippen LogP contribution in [-0.4, -0.2) is 31.5 Å². The predicted octanol–water partition coefficient (Wildman–Crippen LogP) is 2.90. The fourth-order valence-electron chi connectivity index (χ4n) is 2.56. The van der Waals surface area contributed by atoms with E-state index in [2.05, 4.69) is 0 Å². The van der Waals surface area contributed by atoms with Crippen LogP contribution in [0.4, 0.5) is 0 Å². The summed E-state index contributed by atoms with van der Waals surface area (Å²) in [6, 6.07) is 7.14. The first kappa shape index (κ1) is 16.5. The molecule has 0 saturated carbocycles. The van der Waals surface area contributed by atoms with E-state index in [1.54, 1.807) is 12.1 Å². The number of benzene rings is 2. The van der Waals surface area contributed by atoms with Crippen LogP contribution in [-0.2, 0) is 0 Å². The highest BCUT2D eigenvalue weighted by Crippen LogP contribution is 2.42. The molecule has 3 aromatic rings. The summed E-state index contributed by atoms with van der Waals surface area (Å²) in [7, 11) is 4.43. The van der Waals surface area contributed by atoms with Crippen molar-refractivity contribution in [2.24, 2.45) is 0 Å². The minimum absolute atomic E-state index is 0.101. The van der Waals surface area contributed by atoms with Gasteiger partial charge in [-0.25, -0.2) is 0 Å². The summed E-state index contributed by atoms with van der Waals surface area (Å²) in [6.07, 6.45) is 0. The summed E-state index contributed by atoms with van der Waals surface area (Å²) in [4.78, 5) is 12.3. The molecule has 0 aliphatic carbocycles. The highest BCUT2D eigenvalue weighted by Gasteiger charge is 2.18. The molecule has 0 unspecified atom stereocenters. The lowest BCUT2D eigenvalue weighted by Gasteiger charge is -2.14. The standard InChI is InChI=1S/C18H16O7/c1-22-14-6-9(7-15(23-2)18(14)24-3)13-8-12(20)10-4-5-11(19)16(21)17(10)25-13/h4-8,19,21H,1-3H3. The van der Waals surface area contributed by atoms with Crippen LogP contribution in [0.3, 0.4) is 0 Å². The van der Waals surface area contributed by atoms with Crippen molar-refractivity contribution in [3.63, 3.8) is 0 Å². The van der Waals surface area contributed by atoms with Gasteiger partial charge in [-0.05, 0) is 24.3 Å². The van der Waals surface area contributed by atoms with E-state index in [0.29, 0.717) is 22.8 Å². The third kappa shape index (κ3) is 2.69. The normalized spacial score (nSPS) is 10.7. The smallest absolute Gasteiger partial charge is 0.203 e. The Morgan fingerprint density at radius 1 is 0.920 bits per heavy atom. The summed E-state index contributed by atoms with van der Waals surface area (Å²) >= 11 is 0. The van der Waals surface area contributed by atoms with Gasteiger partial charge in [-0.3, -0.25) is 4.79 Å². The van der Waals surface area contributed by atoms with E-state index in [4.69, 9.17) is 18.6 Å². The van der Waals surface area contributed by atoms with Crippen LogP contribution in [0.1, 0.15) is 0 Å². The molecule has 0 fully saturated rings. The Balaban J connectivity index is 2.30. The van der Waals surface area contributed by atoms with Gasteiger partial charge in [0.2, 0.25) is 11.5 Å². The Labute approximate surface area is 142 Å². The Hall–Kier alpha value is -3.35. The molecule has 0 saturated heterocycles. The Kier molecular flexibility index (Phi) is 4.14. The molecule has 0 aliphatic heterocycles. The van der Waals surface area contributed by atoms with E-state index < -0.39 is 5.75 Å². The molecular weight excluding hydrogens is 328 g/mol. The molecular formula is C18H16O7. The van der Waals surface area contributed by atoms with Crippen LogP contribution in [0.5, 0.6) is 28.7 Å². The third-order valence-corrected chi connectivity index (χ3v) is 3.80. The van der Waals surface area contributed by atoms with Crippen molar-refractivity contribution < 1.29 is 28.8 Å². The molecule has 2 aromatic carbocycles. The molecule has 0 aliphatic rings. The first-order valence-electron chi connectivity index (χ1n) is 7.29. The quantitative estimate of drug-likeness (QED) is 0.702. The van der Waals surface area contributed by atoms with Crippen molar-refractivity contribution in [1.82, 2.24) is 0 Å². The summed E-state index contributed by atoms with van der Waals surface area (Å²) in [5.74, 6) is 0.482. The minimum Gasteiger partial charge on any atom is -0.504 e. The average Bonchev–Trinajstić information content (AvgIpc) is 2.63. The summed E-state index contributed by atoms with van der Waals surface area (Å²) in [5, 5.41) is 19.8. The molecule has 0 atom stereocenters. The zero-order chi connectivity index (χ0) is 18.1. The van der Waals surface area contributed by atoms with E-state index in [-0.39, 0.29) is 27.9 Å². The van der Waals surface area contributed by atoms with Gasteiger partial charge < -0.3 is 28.8 Å². The van der Waals surface area contributed by atoms with Gasteiger partial charge >= 0.3 is 0 Å². The average molecular weight is 344 g/mol. The van der Waals surface area contributed by atoms with E-state index in [0.717, 1.165) is 0 Å². The van der Waals surface area contributed by atoms with Crippen molar-refractivity contribution in [2.75, 3.05) is 21.3 Å². The van der Waals surface area contributed by atoms with Crippen molar-refractivity contribution in [3.8, 4) is 40.1 Å². The molecule has 7 heteroatoms. The van der Waals surface area contributed by atoms with Crippen LogP contribution >= 0.6 is 0 Å². The molecule has 1 heterocycles. The second-order valence-corrected chi connectivity index (χ2v) is 5.20. The molecule has 0 radical (unpaired) electrons. The second-order valence-electron chi connectivity index (χ2n) is 5.20. The highest BCUT2D eigenvalue weighted by atomic mass is 16.5. The summed E-state index contributed by atoms with van der Waals surface area (Å²) in [5.41, 5.74) is 0.0211. The first-order chi connectivity index (χ1) is 12.0. The van der Waals surface area contributed by atoms with Gasteiger partial charge in [0.25, 0.3) is 0 Å². The molecule has 2 N–H and O–H groups in total. The number of fused-ring (bicyclic) bond motifs is 1. The SMILES string of the molecule is COc1cc(-c2cc(=O)c3ccc(O)c(O)c3o2)cc(OC)c1OC. The van der Waals surface area contributed by atoms with Crippen LogP contribution in [0.25, 0.3) is 22.3 Å². The zero-order valence-corrected chi connectivity index (χ0v) is 13.8. The van der Waals surface area contributed by atoms with Crippen molar-refractivity contribution in [1.29, 1.82) is 0 Å². The van der Waals surface area contributed by atoms with Crippen LogP contribution < -0.4 is 19.6 Å². The highest BCUT2D eigenvalue weighted by molar-refractivity contribution is 5.86. The number of phenolic OH excluding ortho intramolecular Hbond substituents is 2. The third-order valence-electron chi connectivity index (χ3n) is 3.80. The maximum absolute atomic E-state index is 12.3. The topological polar surface area (TPSA) is 98.4 Å². The lowest BCUT2D eigenvalue weighted by Crippen LogP contribution is -2.01. The lowest BCUT2D eigenvalue weighted by molar-refractivity contribution is 0.324. The monoisotopic (exact) mass is 344 g/mol. The Morgan fingerprint density at radius 3 is 2.12 bits per heavy atom. The van der Waals surface area contributed by atoms with Crippen molar-refractivity contribution in [3.05, 3.63) is 40.6 Å². The van der Waals surface area contributed by atoms with Gasteiger partial charge in [-0.15, -0.1) is 0 Å². The fraction of sp³-hybridized carbons (Fsp3) is 0.167. The van der Waals surface area contributed by atoms with Gasteiger partial charge in [0.05, 0.1) is 26.7 Å². The van der Waals surface area contributed by atoms with Gasteiger partial charge in [-0.2, -0.15) is 0 Å². The first-order valence-corrected chi connectivity index (χ1v) is 7.29. The largest absolute Gasteiger partial charge is 0.504 e. The Morgan fingerprint density at radius 2 is 1.56 bits per heavy atom. The van der Waals surface area contributed by atoms with Crippen LogP contribution in [0.15, 0.2) is 39.5 Å². The fourth-order valence-corrected chi connectivity index (χ4v) is 2.56. The number of phenols is 2. The molecule has 130 valence electrons. The molecule has 3 rings (SSSR count).